The zero-order valence-electron chi connectivity index (χ0n) is 20.0. The normalized spacial score (nSPS) is 20.7. The van der Waals surface area contributed by atoms with Gasteiger partial charge >= 0.3 is 12.1 Å². The molecule has 0 unspecified atom stereocenters. The number of alkyl carbamates (subject to hydrolysis) is 1. The molecule has 0 aliphatic heterocycles. The summed E-state index contributed by atoms with van der Waals surface area (Å²) in [6, 6.07) is 15.1. The number of nitrogens with one attached hydrogen (secondary N) is 2. The van der Waals surface area contributed by atoms with E-state index in [9.17, 15) is 19.5 Å². The first-order chi connectivity index (χ1) is 16.9. The maximum atomic E-state index is 13.0. The van der Waals surface area contributed by atoms with E-state index in [1.54, 1.807) is 6.92 Å². The number of benzene rings is 2. The first-order valence-electron chi connectivity index (χ1n) is 12.1. The third-order valence-electron chi connectivity index (χ3n) is 7.16. The number of ether oxygens (including phenoxy) is 2. The van der Waals surface area contributed by atoms with Gasteiger partial charge in [0, 0.05) is 19.1 Å². The Kier molecular flexibility index (Phi) is 7.70. The number of carboxylic acids is 1. The zero-order chi connectivity index (χ0) is 24.9. The SMILES string of the molecule is CO[C@H](C)[C@H](NC(=O)OCC1c2ccccc2-c2ccccc21)C(=O)NC1CCC(C(=O)O)CC1. The Morgan fingerprint density at radius 1 is 0.971 bits per heavy atom. The molecule has 2 amide bonds. The Bertz CT molecular complexity index is 1030. The van der Waals surface area contributed by atoms with Gasteiger partial charge in [-0.1, -0.05) is 48.5 Å². The van der Waals surface area contributed by atoms with E-state index in [0.717, 1.165) is 22.3 Å². The van der Waals surface area contributed by atoms with E-state index in [0.29, 0.717) is 25.7 Å². The molecule has 2 aliphatic carbocycles. The molecule has 2 aromatic rings. The topological polar surface area (TPSA) is 114 Å². The van der Waals surface area contributed by atoms with Gasteiger partial charge < -0.3 is 25.2 Å². The van der Waals surface area contributed by atoms with Crippen molar-refractivity contribution in [2.75, 3.05) is 13.7 Å². The molecular weight excluding hydrogens is 448 g/mol. The van der Waals surface area contributed by atoms with Crippen LogP contribution in [0.1, 0.15) is 49.7 Å². The fourth-order valence-electron chi connectivity index (χ4n) is 5.07. The molecule has 0 spiro atoms. The summed E-state index contributed by atoms with van der Waals surface area (Å²) in [6.07, 6.45) is 0.940. The van der Waals surface area contributed by atoms with Crippen molar-refractivity contribution in [2.24, 2.45) is 5.92 Å². The van der Waals surface area contributed by atoms with Gasteiger partial charge in [-0.2, -0.15) is 0 Å². The van der Waals surface area contributed by atoms with E-state index in [-0.39, 0.29) is 30.4 Å². The number of carbonyl (C=O) groups is 3. The largest absolute Gasteiger partial charge is 0.481 e. The molecule has 8 heteroatoms. The predicted molar refractivity (Wildman–Crippen MR) is 130 cm³/mol. The Hall–Kier alpha value is -3.39. The fourth-order valence-corrected chi connectivity index (χ4v) is 5.07. The summed E-state index contributed by atoms with van der Waals surface area (Å²) in [4.78, 5) is 36.9. The van der Waals surface area contributed by atoms with Gasteiger partial charge in [0.25, 0.3) is 0 Å². The van der Waals surface area contributed by atoms with Crippen molar-refractivity contribution in [3.05, 3.63) is 59.7 Å². The summed E-state index contributed by atoms with van der Waals surface area (Å²) < 4.78 is 10.9. The van der Waals surface area contributed by atoms with E-state index < -0.39 is 24.2 Å². The molecule has 1 saturated carbocycles. The van der Waals surface area contributed by atoms with Crippen molar-refractivity contribution in [1.29, 1.82) is 0 Å². The summed E-state index contributed by atoms with van der Waals surface area (Å²) >= 11 is 0. The number of rotatable bonds is 8. The van der Waals surface area contributed by atoms with Crippen molar-refractivity contribution < 1.29 is 29.0 Å². The van der Waals surface area contributed by atoms with E-state index >= 15 is 0 Å². The van der Waals surface area contributed by atoms with Gasteiger partial charge in [0.1, 0.15) is 12.6 Å². The molecule has 8 nitrogen and oxygen atoms in total. The molecule has 2 aromatic carbocycles. The average molecular weight is 481 g/mol. The predicted octanol–water partition coefficient (Wildman–Crippen LogP) is 3.69. The number of aliphatic carboxylic acids is 1. The maximum Gasteiger partial charge on any atom is 0.407 e. The lowest BCUT2D eigenvalue weighted by Crippen LogP contribution is -2.55. The van der Waals surface area contributed by atoms with Crippen molar-refractivity contribution in [3.8, 4) is 11.1 Å². The van der Waals surface area contributed by atoms with Crippen LogP contribution in [0.25, 0.3) is 11.1 Å². The van der Waals surface area contributed by atoms with E-state index in [2.05, 4.69) is 22.8 Å². The van der Waals surface area contributed by atoms with Gasteiger partial charge in [0.15, 0.2) is 0 Å². The summed E-state index contributed by atoms with van der Waals surface area (Å²) in [5.41, 5.74) is 4.50. The monoisotopic (exact) mass is 480 g/mol. The molecule has 0 bridgehead atoms. The number of methoxy groups -OCH3 is 1. The van der Waals surface area contributed by atoms with Crippen molar-refractivity contribution in [2.45, 2.75) is 56.7 Å². The number of carboxylic acid groups (broad SMARTS) is 1. The lowest BCUT2D eigenvalue weighted by atomic mass is 9.86. The third-order valence-corrected chi connectivity index (χ3v) is 7.16. The van der Waals surface area contributed by atoms with Crippen molar-refractivity contribution in [1.82, 2.24) is 10.6 Å². The van der Waals surface area contributed by atoms with Crippen molar-refractivity contribution >= 4 is 18.0 Å². The Balaban J connectivity index is 1.36. The fraction of sp³-hybridized carbons (Fsp3) is 0.444. The molecule has 3 N–H and O–H groups in total. The highest BCUT2D eigenvalue weighted by Gasteiger charge is 2.33. The molecule has 186 valence electrons. The Morgan fingerprint density at radius 2 is 1.54 bits per heavy atom. The number of hydrogen-bond donors (Lipinski definition) is 3. The molecule has 4 rings (SSSR count). The van der Waals surface area contributed by atoms with Gasteiger partial charge in [-0.05, 0) is 54.9 Å². The highest BCUT2D eigenvalue weighted by atomic mass is 16.5. The van der Waals surface area contributed by atoms with Crippen LogP contribution in [0.15, 0.2) is 48.5 Å². The molecule has 2 atom stereocenters. The summed E-state index contributed by atoms with van der Waals surface area (Å²) in [5, 5.41) is 14.8. The van der Waals surface area contributed by atoms with Crippen LogP contribution in [0.4, 0.5) is 4.79 Å². The minimum absolute atomic E-state index is 0.0790. The number of carbonyl (C=O) groups excluding carboxylic acids is 2. The molecule has 0 heterocycles. The van der Waals surface area contributed by atoms with Crippen LogP contribution in [0, 0.1) is 5.92 Å². The Morgan fingerprint density at radius 3 is 2.09 bits per heavy atom. The van der Waals surface area contributed by atoms with Gasteiger partial charge in [0.05, 0.1) is 12.0 Å². The first kappa shape index (κ1) is 24.7. The lowest BCUT2D eigenvalue weighted by molar-refractivity contribution is -0.142. The van der Waals surface area contributed by atoms with Crippen LogP contribution in [-0.4, -0.2) is 55.0 Å². The quantitative estimate of drug-likeness (QED) is 0.531. The molecule has 2 aliphatic rings. The molecule has 1 fully saturated rings. The molecule has 0 saturated heterocycles. The second-order valence-corrected chi connectivity index (χ2v) is 9.28. The number of amides is 2. The van der Waals surface area contributed by atoms with Crippen LogP contribution in [0.3, 0.4) is 0 Å². The van der Waals surface area contributed by atoms with Crippen LogP contribution in [0.2, 0.25) is 0 Å². The van der Waals surface area contributed by atoms with Crippen LogP contribution >= 0.6 is 0 Å². The molecular formula is C27H32N2O6. The minimum Gasteiger partial charge on any atom is -0.481 e. The zero-order valence-corrected chi connectivity index (χ0v) is 20.0. The third kappa shape index (κ3) is 5.48. The smallest absolute Gasteiger partial charge is 0.407 e. The summed E-state index contributed by atoms with van der Waals surface area (Å²) in [6.45, 7) is 1.85. The molecule has 0 radical (unpaired) electrons. The number of fused-ring (bicyclic) bond motifs is 3. The van der Waals surface area contributed by atoms with E-state index in [1.807, 2.05) is 36.4 Å². The van der Waals surface area contributed by atoms with Crippen LogP contribution in [0.5, 0.6) is 0 Å². The van der Waals surface area contributed by atoms with Crippen molar-refractivity contribution in [3.63, 3.8) is 0 Å². The molecule has 35 heavy (non-hydrogen) atoms. The first-order valence-corrected chi connectivity index (χ1v) is 12.1. The van der Waals surface area contributed by atoms with Crippen LogP contribution in [-0.2, 0) is 19.1 Å². The van der Waals surface area contributed by atoms with E-state index in [4.69, 9.17) is 9.47 Å². The summed E-state index contributed by atoms with van der Waals surface area (Å²) in [7, 11) is 1.47. The standard InChI is InChI=1S/C27H32N2O6/c1-16(34-2)24(25(30)28-18-13-11-17(12-14-18)26(31)32)29-27(33)35-15-23-21-9-5-3-7-19(21)20-8-4-6-10-22(20)23/h3-10,16-18,23-24H,11-15H2,1-2H3,(H,28,30)(H,29,33)(H,31,32)/t16-,17?,18?,24+/m1/s1. The lowest BCUT2D eigenvalue weighted by Gasteiger charge is -2.30. The van der Waals surface area contributed by atoms with Gasteiger partial charge in [-0.3, -0.25) is 9.59 Å². The molecule has 0 aromatic heterocycles. The Labute approximate surface area is 205 Å². The second-order valence-electron chi connectivity index (χ2n) is 9.28. The van der Waals surface area contributed by atoms with Crippen LogP contribution < -0.4 is 10.6 Å². The minimum atomic E-state index is -0.937. The van der Waals surface area contributed by atoms with Gasteiger partial charge in [-0.25, -0.2) is 4.79 Å². The second kappa shape index (κ2) is 10.9. The summed E-state index contributed by atoms with van der Waals surface area (Å²) in [5.74, 6) is -1.61. The maximum absolute atomic E-state index is 13.0. The highest BCUT2D eigenvalue weighted by molar-refractivity contribution is 5.86. The van der Waals surface area contributed by atoms with Gasteiger partial charge in [-0.15, -0.1) is 0 Å². The van der Waals surface area contributed by atoms with Gasteiger partial charge in [0.2, 0.25) is 5.91 Å². The number of hydrogen-bond acceptors (Lipinski definition) is 5. The van der Waals surface area contributed by atoms with E-state index in [1.165, 1.54) is 7.11 Å². The average Bonchev–Trinajstić information content (AvgIpc) is 3.19. The highest BCUT2D eigenvalue weighted by Crippen LogP contribution is 2.44.